The Kier molecular flexibility index (Phi) is 5.27. The number of aromatic nitrogens is 1. The second-order valence-electron chi connectivity index (χ2n) is 6.28. The molecule has 2 aromatic carbocycles. The quantitative estimate of drug-likeness (QED) is 0.660. The van der Waals surface area contributed by atoms with E-state index < -0.39 is 0 Å². The first kappa shape index (κ1) is 17.8. The molecule has 0 aliphatic carbocycles. The van der Waals surface area contributed by atoms with Crippen LogP contribution in [0.2, 0.25) is 5.02 Å². The number of rotatable bonds is 4. The number of carbonyl (C=O) groups is 1. The number of likely N-dealkylation sites (tertiary alicyclic amines) is 1. The molecule has 138 valence electrons. The first-order chi connectivity index (χ1) is 13.2. The lowest BCUT2D eigenvalue weighted by Gasteiger charge is -2.18. The van der Waals surface area contributed by atoms with Gasteiger partial charge in [0.05, 0.1) is 6.54 Å². The van der Waals surface area contributed by atoms with E-state index >= 15 is 0 Å². The van der Waals surface area contributed by atoms with Gasteiger partial charge in [-0.05, 0) is 42.5 Å². The first-order valence-electron chi connectivity index (χ1n) is 8.65. The minimum Gasteiger partial charge on any atom is -0.488 e. The highest BCUT2D eigenvalue weighted by molar-refractivity contribution is 7.13. The van der Waals surface area contributed by atoms with Gasteiger partial charge in [0.1, 0.15) is 16.9 Å². The smallest absolute Gasteiger partial charge is 0.321 e. The number of benzene rings is 2. The molecule has 7 heteroatoms. The summed E-state index contributed by atoms with van der Waals surface area (Å²) in [5.41, 5.74) is 1.80. The number of hydrogen-bond acceptors (Lipinski definition) is 4. The van der Waals surface area contributed by atoms with Crippen LogP contribution in [0, 0.1) is 0 Å². The zero-order valence-corrected chi connectivity index (χ0v) is 16.0. The molecule has 5 nitrogen and oxygen atoms in total. The molecule has 2 amide bonds. The van der Waals surface area contributed by atoms with Crippen molar-refractivity contribution in [2.24, 2.45) is 0 Å². The summed E-state index contributed by atoms with van der Waals surface area (Å²) < 4.78 is 5.93. The third kappa shape index (κ3) is 4.40. The molecule has 0 bridgehead atoms. The van der Waals surface area contributed by atoms with Crippen LogP contribution < -0.4 is 10.1 Å². The van der Waals surface area contributed by atoms with Crippen molar-refractivity contribution < 1.29 is 9.53 Å². The normalized spacial score (nSPS) is 16.3. The van der Waals surface area contributed by atoms with Crippen molar-refractivity contribution in [2.45, 2.75) is 12.5 Å². The Hall–Kier alpha value is -2.57. The predicted molar refractivity (Wildman–Crippen MR) is 109 cm³/mol. The van der Waals surface area contributed by atoms with Crippen molar-refractivity contribution >= 4 is 34.7 Å². The molecular formula is C20H18ClN3O2S. The average Bonchev–Trinajstić information content (AvgIpc) is 3.34. The van der Waals surface area contributed by atoms with Gasteiger partial charge in [-0.1, -0.05) is 17.7 Å². The van der Waals surface area contributed by atoms with Crippen molar-refractivity contribution in [3.05, 3.63) is 65.1 Å². The molecule has 3 aromatic rings. The number of amides is 2. The van der Waals surface area contributed by atoms with Gasteiger partial charge < -0.3 is 15.0 Å². The number of halogens is 1. The van der Waals surface area contributed by atoms with Crippen LogP contribution in [0.3, 0.4) is 0 Å². The Morgan fingerprint density at radius 2 is 2.11 bits per heavy atom. The Bertz CT molecular complexity index is 915. The second-order valence-corrected chi connectivity index (χ2v) is 7.61. The van der Waals surface area contributed by atoms with E-state index in [0.717, 1.165) is 28.4 Å². The highest BCUT2D eigenvalue weighted by Gasteiger charge is 2.27. The zero-order valence-electron chi connectivity index (χ0n) is 14.5. The van der Waals surface area contributed by atoms with E-state index in [4.69, 9.17) is 16.3 Å². The summed E-state index contributed by atoms with van der Waals surface area (Å²) in [4.78, 5) is 18.6. The molecule has 0 saturated carbocycles. The largest absolute Gasteiger partial charge is 0.488 e. The molecule has 4 rings (SSSR count). The fraction of sp³-hybridized carbons (Fsp3) is 0.200. The number of nitrogens with zero attached hydrogens (tertiary/aromatic N) is 2. The standard InChI is InChI=1S/C20H18ClN3O2S/c21-15-2-1-3-17(12-15)26-18-8-10-24(13-18)20(25)23-16-6-4-14(5-7-16)19-22-9-11-27-19/h1-7,9,11-12,18H,8,10,13H2,(H,23,25)/t18-/m1/s1. The highest BCUT2D eigenvalue weighted by Crippen LogP contribution is 2.24. The van der Waals surface area contributed by atoms with Gasteiger partial charge in [-0.2, -0.15) is 0 Å². The van der Waals surface area contributed by atoms with E-state index in [2.05, 4.69) is 10.3 Å². The lowest BCUT2D eigenvalue weighted by Crippen LogP contribution is -2.34. The highest BCUT2D eigenvalue weighted by atomic mass is 35.5. The summed E-state index contributed by atoms with van der Waals surface area (Å²) in [7, 11) is 0. The molecule has 1 aliphatic rings. The van der Waals surface area contributed by atoms with Gasteiger partial charge in [0.2, 0.25) is 0 Å². The molecule has 2 heterocycles. The minimum atomic E-state index is -0.116. The first-order valence-corrected chi connectivity index (χ1v) is 9.91. The van der Waals surface area contributed by atoms with Gasteiger partial charge in [-0.3, -0.25) is 0 Å². The molecule has 0 spiro atoms. The van der Waals surface area contributed by atoms with Gasteiger partial charge >= 0.3 is 6.03 Å². The van der Waals surface area contributed by atoms with Crippen molar-refractivity contribution in [3.8, 4) is 16.3 Å². The Morgan fingerprint density at radius 3 is 2.85 bits per heavy atom. The molecule has 1 aliphatic heterocycles. The van der Waals surface area contributed by atoms with Crippen LogP contribution in [-0.2, 0) is 0 Å². The Morgan fingerprint density at radius 1 is 1.26 bits per heavy atom. The summed E-state index contributed by atoms with van der Waals surface area (Å²) in [5, 5.41) is 6.49. The van der Waals surface area contributed by atoms with Crippen LogP contribution in [0.5, 0.6) is 5.75 Å². The number of urea groups is 1. The van der Waals surface area contributed by atoms with Crippen molar-refractivity contribution in [2.75, 3.05) is 18.4 Å². The van der Waals surface area contributed by atoms with Crippen LogP contribution in [-0.4, -0.2) is 35.1 Å². The Balaban J connectivity index is 1.32. The van der Waals surface area contributed by atoms with E-state index in [1.165, 1.54) is 0 Å². The van der Waals surface area contributed by atoms with Gasteiger partial charge in [-0.15, -0.1) is 11.3 Å². The summed E-state index contributed by atoms with van der Waals surface area (Å²) in [6.07, 6.45) is 2.55. The van der Waals surface area contributed by atoms with Crippen molar-refractivity contribution in [3.63, 3.8) is 0 Å². The average molecular weight is 400 g/mol. The molecule has 1 fully saturated rings. The third-order valence-corrected chi connectivity index (χ3v) is 5.40. The fourth-order valence-electron chi connectivity index (χ4n) is 3.01. The minimum absolute atomic E-state index is 0.0264. The van der Waals surface area contributed by atoms with Crippen molar-refractivity contribution in [1.29, 1.82) is 0 Å². The molecule has 1 aromatic heterocycles. The maximum absolute atomic E-state index is 12.5. The predicted octanol–water partition coefficient (Wildman–Crippen LogP) is 5.15. The van der Waals surface area contributed by atoms with Crippen molar-refractivity contribution in [1.82, 2.24) is 9.88 Å². The maximum Gasteiger partial charge on any atom is 0.321 e. The van der Waals surface area contributed by atoms with E-state index in [1.807, 2.05) is 47.8 Å². The van der Waals surface area contributed by atoms with Crippen LogP contribution in [0.4, 0.5) is 10.5 Å². The number of hydrogen-bond donors (Lipinski definition) is 1. The topological polar surface area (TPSA) is 54.5 Å². The van der Waals surface area contributed by atoms with E-state index in [9.17, 15) is 4.79 Å². The molecule has 1 saturated heterocycles. The monoisotopic (exact) mass is 399 g/mol. The number of carbonyl (C=O) groups excluding carboxylic acids is 1. The van der Waals surface area contributed by atoms with E-state index in [1.54, 1.807) is 28.5 Å². The van der Waals surface area contributed by atoms with Gasteiger partial charge in [-0.25, -0.2) is 9.78 Å². The number of anilines is 1. The second kappa shape index (κ2) is 7.98. The number of ether oxygens (including phenoxy) is 1. The summed E-state index contributed by atoms with van der Waals surface area (Å²) in [5.74, 6) is 0.729. The summed E-state index contributed by atoms with van der Waals surface area (Å²) >= 11 is 7.57. The van der Waals surface area contributed by atoms with Gasteiger partial charge in [0.25, 0.3) is 0 Å². The van der Waals surface area contributed by atoms with E-state index in [0.29, 0.717) is 18.1 Å². The number of thiazole rings is 1. The molecular weight excluding hydrogens is 382 g/mol. The molecule has 0 unspecified atom stereocenters. The summed E-state index contributed by atoms with van der Waals surface area (Å²) in [6, 6.07) is 14.9. The third-order valence-electron chi connectivity index (χ3n) is 4.35. The van der Waals surface area contributed by atoms with Crippen LogP contribution in [0.1, 0.15) is 6.42 Å². The van der Waals surface area contributed by atoms with Crippen LogP contribution in [0.25, 0.3) is 10.6 Å². The van der Waals surface area contributed by atoms with E-state index in [-0.39, 0.29) is 12.1 Å². The molecule has 1 N–H and O–H groups in total. The molecule has 0 radical (unpaired) electrons. The summed E-state index contributed by atoms with van der Waals surface area (Å²) in [6.45, 7) is 1.21. The molecule has 27 heavy (non-hydrogen) atoms. The SMILES string of the molecule is O=C(Nc1ccc(-c2nccs2)cc1)N1CC[C@@H](Oc2cccc(Cl)c2)C1. The fourth-order valence-corrected chi connectivity index (χ4v) is 3.83. The maximum atomic E-state index is 12.5. The molecule has 1 atom stereocenters. The Labute approximate surface area is 166 Å². The van der Waals surface area contributed by atoms with Crippen LogP contribution >= 0.6 is 22.9 Å². The van der Waals surface area contributed by atoms with Gasteiger partial charge in [0, 0.05) is 40.8 Å². The zero-order chi connectivity index (χ0) is 18.6. The lowest BCUT2D eigenvalue weighted by atomic mass is 10.2. The lowest BCUT2D eigenvalue weighted by molar-refractivity contribution is 0.195. The van der Waals surface area contributed by atoms with Gasteiger partial charge in [0.15, 0.2) is 0 Å². The number of nitrogens with one attached hydrogen (secondary N) is 1. The van der Waals surface area contributed by atoms with Crippen LogP contribution in [0.15, 0.2) is 60.1 Å².